The maximum absolute atomic E-state index is 4.82. The molecule has 0 radical (unpaired) electrons. The molecular weight excluding hydrogens is 344 g/mol. The highest BCUT2D eigenvalue weighted by atomic mass is 32.1. The number of hydrogen-bond donors (Lipinski definition) is 1. The maximum atomic E-state index is 4.82. The van der Waals surface area contributed by atoms with Gasteiger partial charge >= 0.3 is 0 Å². The summed E-state index contributed by atoms with van der Waals surface area (Å²) in [6, 6.07) is 4.05. The smallest absolute Gasteiger partial charge is 0.188 e. The molecule has 4 rings (SSSR count). The third-order valence-electron chi connectivity index (χ3n) is 4.88. The van der Waals surface area contributed by atoms with Gasteiger partial charge in [-0.1, -0.05) is 6.07 Å². The molecule has 7 heteroatoms. The Morgan fingerprint density at radius 3 is 3.00 bits per heavy atom. The van der Waals surface area contributed by atoms with Crippen LogP contribution in [0.15, 0.2) is 36.1 Å². The van der Waals surface area contributed by atoms with Crippen LogP contribution in [0.2, 0.25) is 0 Å². The van der Waals surface area contributed by atoms with E-state index in [0.29, 0.717) is 5.92 Å². The number of thiazole rings is 1. The van der Waals surface area contributed by atoms with Crippen molar-refractivity contribution in [3.8, 4) is 0 Å². The molecule has 1 aliphatic rings. The van der Waals surface area contributed by atoms with E-state index in [-0.39, 0.29) is 0 Å². The minimum atomic E-state index is 0.488. The Kier molecular flexibility index (Phi) is 4.99. The van der Waals surface area contributed by atoms with Crippen LogP contribution in [0.5, 0.6) is 0 Å². The molecule has 136 valence electrons. The second-order valence-corrected chi connectivity index (χ2v) is 7.81. The molecule has 1 unspecified atom stereocenters. The Morgan fingerprint density at radius 1 is 1.31 bits per heavy atom. The zero-order chi connectivity index (χ0) is 17.9. The van der Waals surface area contributed by atoms with Crippen LogP contribution in [0, 0.1) is 6.92 Å². The van der Waals surface area contributed by atoms with Crippen LogP contribution in [-0.4, -0.2) is 37.5 Å². The van der Waals surface area contributed by atoms with E-state index in [2.05, 4.69) is 43.2 Å². The summed E-state index contributed by atoms with van der Waals surface area (Å²) in [5, 5.41) is 6.42. The molecule has 0 bridgehead atoms. The highest BCUT2D eigenvalue weighted by Gasteiger charge is 2.24. The molecule has 6 nitrogen and oxygen atoms in total. The van der Waals surface area contributed by atoms with Gasteiger partial charge in [-0.3, -0.25) is 4.90 Å². The second-order valence-electron chi connectivity index (χ2n) is 6.95. The highest BCUT2D eigenvalue weighted by molar-refractivity contribution is 7.13. The van der Waals surface area contributed by atoms with E-state index in [9.17, 15) is 0 Å². The molecular formula is C19H24N6S. The Balaban J connectivity index is 1.40. The molecule has 3 aromatic heterocycles. The molecule has 0 saturated carbocycles. The zero-order valence-corrected chi connectivity index (χ0v) is 16.0. The lowest BCUT2D eigenvalue weighted by Crippen LogP contribution is -2.34. The molecule has 0 aliphatic carbocycles. The van der Waals surface area contributed by atoms with E-state index in [1.807, 2.05) is 31.6 Å². The van der Waals surface area contributed by atoms with Crippen molar-refractivity contribution in [3.63, 3.8) is 0 Å². The molecule has 1 saturated heterocycles. The SMILES string of the molecule is Cc1ccc(Nc2nc(C3CCCN(Cc4nccn4C)C3)cs2)nc1. The van der Waals surface area contributed by atoms with E-state index >= 15 is 0 Å². The summed E-state index contributed by atoms with van der Waals surface area (Å²) in [7, 11) is 2.06. The quantitative estimate of drug-likeness (QED) is 0.744. The van der Waals surface area contributed by atoms with Crippen molar-refractivity contribution < 1.29 is 0 Å². The van der Waals surface area contributed by atoms with Crippen LogP contribution in [-0.2, 0) is 13.6 Å². The predicted octanol–water partition coefficient (Wildman–Crippen LogP) is 3.70. The second kappa shape index (κ2) is 7.55. The van der Waals surface area contributed by atoms with Crippen molar-refractivity contribution in [2.75, 3.05) is 18.4 Å². The number of nitrogens with one attached hydrogen (secondary N) is 1. The fraction of sp³-hybridized carbons (Fsp3) is 0.421. The topological polar surface area (TPSA) is 58.9 Å². The number of piperidine rings is 1. The molecule has 0 aromatic carbocycles. The van der Waals surface area contributed by atoms with Gasteiger partial charge < -0.3 is 9.88 Å². The predicted molar refractivity (Wildman–Crippen MR) is 105 cm³/mol. The average molecular weight is 369 g/mol. The third kappa shape index (κ3) is 3.94. The van der Waals surface area contributed by atoms with Crippen LogP contribution < -0.4 is 5.32 Å². The van der Waals surface area contributed by atoms with E-state index in [1.54, 1.807) is 11.3 Å². The Morgan fingerprint density at radius 2 is 2.23 bits per heavy atom. The first-order valence-electron chi connectivity index (χ1n) is 9.01. The average Bonchev–Trinajstić information content (AvgIpc) is 3.27. The Labute approximate surface area is 157 Å². The summed E-state index contributed by atoms with van der Waals surface area (Å²) >= 11 is 1.65. The van der Waals surface area contributed by atoms with Crippen molar-refractivity contribution in [2.24, 2.45) is 7.05 Å². The molecule has 1 fully saturated rings. The largest absolute Gasteiger partial charge is 0.337 e. The minimum Gasteiger partial charge on any atom is -0.337 e. The standard InChI is InChI=1S/C19H24N6S/c1-14-5-6-17(21-10-14)23-19-22-16(13-26-19)15-4-3-8-25(11-15)12-18-20-7-9-24(18)2/h5-7,9-10,13,15H,3-4,8,11-12H2,1-2H3,(H,21,22,23). The van der Waals surface area contributed by atoms with Crippen LogP contribution in [0.1, 0.15) is 35.8 Å². The van der Waals surface area contributed by atoms with Gasteiger partial charge in [0.25, 0.3) is 0 Å². The molecule has 1 N–H and O–H groups in total. The Hall–Kier alpha value is -2.25. The van der Waals surface area contributed by atoms with Crippen molar-refractivity contribution in [1.29, 1.82) is 0 Å². The van der Waals surface area contributed by atoms with E-state index < -0.39 is 0 Å². The van der Waals surface area contributed by atoms with Gasteiger partial charge in [0.15, 0.2) is 5.13 Å². The van der Waals surface area contributed by atoms with Crippen molar-refractivity contribution in [3.05, 3.63) is 53.2 Å². The lowest BCUT2D eigenvalue weighted by molar-refractivity contribution is 0.193. The molecule has 26 heavy (non-hydrogen) atoms. The number of hydrogen-bond acceptors (Lipinski definition) is 6. The van der Waals surface area contributed by atoms with E-state index in [1.165, 1.54) is 18.5 Å². The first-order valence-corrected chi connectivity index (χ1v) is 9.89. The molecule has 0 amide bonds. The van der Waals surface area contributed by atoms with Gasteiger partial charge in [-0.25, -0.2) is 15.0 Å². The van der Waals surface area contributed by atoms with Crippen LogP contribution in [0.3, 0.4) is 0 Å². The van der Waals surface area contributed by atoms with Gasteiger partial charge in [-0.2, -0.15) is 0 Å². The number of anilines is 2. The van der Waals surface area contributed by atoms with Gasteiger partial charge in [0, 0.05) is 43.5 Å². The fourth-order valence-corrected chi connectivity index (χ4v) is 4.17. The fourth-order valence-electron chi connectivity index (χ4n) is 3.37. The number of imidazole rings is 1. The first kappa shape index (κ1) is 17.2. The molecule has 4 heterocycles. The van der Waals surface area contributed by atoms with Crippen LogP contribution >= 0.6 is 11.3 Å². The lowest BCUT2D eigenvalue weighted by Gasteiger charge is -2.31. The van der Waals surface area contributed by atoms with E-state index in [0.717, 1.165) is 42.0 Å². The first-order chi connectivity index (χ1) is 12.7. The van der Waals surface area contributed by atoms with Gasteiger partial charge in [0.1, 0.15) is 11.6 Å². The number of likely N-dealkylation sites (tertiary alicyclic amines) is 1. The normalized spacial score (nSPS) is 18.2. The van der Waals surface area contributed by atoms with Gasteiger partial charge in [0.05, 0.1) is 12.2 Å². The summed E-state index contributed by atoms with van der Waals surface area (Å²) in [6.45, 7) is 5.12. The van der Waals surface area contributed by atoms with Crippen LogP contribution in [0.4, 0.5) is 10.9 Å². The molecule has 1 atom stereocenters. The summed E-state index contributed by atoms with van der Waals surface area (Å²) in [6.07, 6.45) is 8.15. The summed E-state index contributed by atoms with van der Waals surface area (Å²) in [5.41, 5.74) is 2.35. The highest BCUT2D eigenvalue weighted by Crippen LogP contribution is 2.30. The third-order valence-corrected chi connectivity index (χ3v) is 5.65. The molecule has 1 aliphatic heterocycles. The number of aryl methyl sites for hydroxylation is 2. The number of nitrogens with zero attached hydrogens (tertiary/aromatic N) is 5. The minimum absolute atomic E-state index is 0.488. The van der Waals surface area contributed by atoms with E-state index in [4.69, 9.17) is 4.98 Å². The zero-order valence-electron chi connectivity index (χ0n) is 15.2. The summed E-state index contributed by atoms with van der Waals surface area (Å²) < 4.78 is 2.10. The summed E-state index contributed by atoms with van der Waals surface area (Å²) in [5.74, 6) is 2.45. The summed E-state index contributed by atoms with van der Waals surface area (Å²) in [4.78, 5) is 16.2. The molecule has 0 spiro atoms. The van der Waals surface area contributed by atoms with Crippen molar-refractivity contribution >= 4 is 22.3 Å². The van der Waals surface area contributed by atoms with Crippen molar-refractivity contribution in [2.45, 2.75) is 32.2 Å². The maximum Gasteiger partial charge on any atom is 0.188 e. The number of pyridine rings is 1. The Bertz CT molecular complexity index is 853. The van der Waals surface area contributed by atoms with Gasteiger partial charge in [-0.05, 0) is 37.9 Å². The van der Waals surface area contributed by atoms with Gasteiger partial charge in [0.2, 0.25) is 0 Å². The van der Waals surface area contributed by atoms with Crippen molar-refractivity contribution in [1.82, 2.24) is 24.4 Å². The van der Waals surface area contributed by atoms with Gasteiger partial charge in [-0.15, -0.1) is 11.3 Å². The number of aromatic nitrogens is 4. The lowest BCUT2D eigenvalue weighted by atomic mass is 9.95. The number of rotatable bonds is 5. The molecule has 3 aromatic rings. The monoisotopic (exact) mass is 368 g/mol. The van der Waals surface area contributed by atoms with Crippen LogP contribution in [0.25, 0.3) is 0 Å².